The van der Waals surface area contributed by atoms with Crippen LogP contribution in [0, 0.1) is 3.57 Å². The van der Waals surface area contributed by atoms with Gasteiger partial charge in [0.25, 0.3) is 0 Å². The summed E-state index contributed by atoms with van der Waals surface area (Å²) in [5.74, 6) is 0. The SMILES string of the molecule is Ic1c2ccccc2c(-c2ccccc2)c2ccccc12.OB(O)c1ccc(-c2c3ccccc3c(-c3ccccc3)c3ccccc23)cc1.OB(O)c1ccc(Br)cc1. The lowest BCUT2D eigenvalue weighted by atomic mass is 9.79. The van der Waals surface area contributed by atoms with E-state index in [9.17, 15) is 10.0 Å². The van der Waals surface area contributed by atoms with E-state index >= 15 is 0 Å². The Balaban J connectivity index is 0.000000140. The summed E-state index contributed by atoms with van der Waals surface area (Å²) in [4.78, 5) is 0. The Labute approximate surface area is 372 Å². The van der Waals surface area contributed by atoms with E-state index in [0.29, 0.717) is 10.9 Å². The van der Waals surface area contributed by atoms with Crippen molar-refractivity contribution in [1.82, 2.24) is 0 Å². The topological polar surface area (TPSA) is 80.9 Å². The summed E-state index contributed by atoms with van der Waals surface area (Å²) < 4.78 is 2.26. The normalized spacial score (nSPS) is 10.8. The van der Waals surface area contributed by atoms with Gasteiger partial charge in [0.2, 0.25) is 0 Å². The van der Waals surface area contributed by atoms with E-state index in [1.54, 1.807) is 36.4 Å². The summed E-state index contributed by atoms with van der Waals surface area (Å²) in [7, 11) is -2.83. The van der Waals surface area contributed by atoms with Crippen LogP contribution in [-0.2, 0) is 0 Å². The Kier molecular flexibility index (Phi) is 12.9. The molecule has 0 aliphatic rings. The molecule has 0 saturated carbocycles. The Morgan fingerprint density at radius 1 is 0.300 bits per heavy atom. The molecule has 0 heterocycles. The standard InChI is InChI=1S/C26H19BO2.C20H13I.C6H6BBrO2/c28-27(29)20-16-14-19(15-17-20)26-23-12-6-4-10-21(23)25(18-8-2-1-3-9-18)22-11-5-7-13-24(22)26;21-20-17-12-6-4-10-15(17)19(14-8-2-1-3-9-14)16-11-5-7-13-18(16)20;8-6-3-1-5(2-4-6)7(9)10/h1-17,28-29H;1-13H;1-4,9-10H. The maximum absolute atomic E-state index is 9.45. The summed E-state index contributed by atoms with van der Waals surface area (Å²) in [6, 6.07) is 69.8. The molecule has 0 aliphatic heterocycles. The molecule has 4 nitrogen and oxygen atoms in total. The highest BCUT2D eigenvalue weighted by Gasteiger charge is 2.18. The summed E-state index contributed by atoms with van der Waals surface area (Å²) in [6.45, 7) is 0. The molecule has 0 aliphatic carbocycles. The first kappa shape index (κ1) is 41.2. The van der Waals surface area contributed by atoms with Gasteiger partial charge >= 0.3 is 14.2 Å². The fraction of sp³-hybridized carbons (Fsp3) is 0. The lowest BCUT2D eigenvalue weighted by molar-refractivity contribution is 0.424. The van der Waals surface area contributed by atoms with Crippen LogP contribution in [0.3, 0.4) is 0 Å². The van der Waals surface area contributed by atoms with E-state index in [4.69, 9.17) is 10.0 Å². The smallest absolute Gasteiger partial charge is 0.423 e. The molecule has 4 N–H and O–H groups in total. The van der Waals surface area contributed by atoms with Crippen molar-refractivity contribution in [2.75, 3.05) is 0 Å². The van der Waals surface area contributed by atoms with Crippen molar-refractivity contribution >= 4 is 107 Å². The Morgan fingerprint density at radius 3 is 0.867 bits per heavy atom. The Hall–Kier alpha value is -5.58. The van der Waals surface area contributed by atoms with Crippen molar-refractivity contribution in [1.29, 1.82) is 0 Å². The third kappa shape index (κ3) is 8.67. The van der Waals surface area contributed by atoms with Gasteiger partial charge in [-0.1, -0.05) is 210 Å². The van der Waals surface area contributed by atoms with Gasteiger partial charge in [0.05, 0.1) is 0 Å². The van der Waals surface area contributed by atoms with Crippen molar-refractivity contribution in [2.24, 2.45) is 0 Å². The maximum Gasteiger partial charge on any atom is 0.488 e. The minimum atomic E-state index is -1.46. The molecule has 0 amide bonds. The number of fused-ring (bicyclic) bond motifs is 4. The molecule has 10 aromatic carbocycles. The van der Waals surface area contributed by atoms with Crippen LogP contribution < -0.4 is 10.9 Å². The van der Waals surface area contributed by atoms with Crippen LogP contribution in [0.1, 0.15) is 0 Å². The third-order valence-corrected chi connectivity index (χ3v) is 12.3. The molecule has 0 fully saturated rings. The monoisotopic (exact) mass is 954 g/mol. The zero-order chi connectivity index (χ0) is 41.6. The van der Waals surface area contributed by atoms with Crippen LogP contribution in [0.4, 0.5) is 0 Å². The Bertz CT molecular complexity index is 2940. The molecule has 0 bridgehead atoms. The maximum atomic E-state index is 9.45. The van der Waals surface area contributed by atoms with Gasteiger partial charge in [-0.15, -0.1) is 0 Å². The van der Waals surface area contributed by atoms with Gasteiger partial charge in [-0.05, 0) is 122 Å². The van der Waals surface area contributed by atoms with Crippen molar-refractivity contribution in [2.45, 2.75) is 0 Å². The highest BCUT2D eigenvalue weighted by atomic mass is 127. The molecule has 0 saturated heterocycles. The number of halogens is 2. The molecule has 0 atom stereocenters. The molecule has 0 aromatic heterocycles. The Morgan fingerprint density at radius 2 is 0.550 bits per heavy atom. The second kappa shape index (κ2) is 18.8. The van der Waals surface area contributed by atoms with Crippen LogP contribution >= 0.6 is 38.5 Å². The first-order valence-corrected chi connectivity index (χ1v) is 21.4. The predicted octanol–water partition coefficient (Wildman–Crippen LogP) is 11.4. The first-order chi connectivity index (χ1) is 29.3. The third-order valence-electron chi connectivity index (χ3n) is 10.6. The number of benzene rings is 10. The second-order valence-corrected chi connectivity index (χ2v) is 16.3. The molecular formula is C52H38B2BrIO4. The summed E-state index contributed by atoms with van der Waals surface area (Å²) in [5, 5.41) is 46.3. The zero-order valence-electron chi connectivity index (χ0n) is 32.3. The predicted molar refractivity (Wildman–Crippen MR) is 266 cm³/mol. The first-order valence-electron chi connectivity index (χ1n) is 19.5. The lowest BCUT2D eigenvalue weighted by Crippen LogP contribution is -2.29. The average molecular weight is 955 g/mol. The number of hydrogen-bond acceptors (Lipinski definition) is 4. The molecule has 290 valence electrons. The van der Waals surface area contributed by atoms with Gasteiger partial charge in [0, 0.05) is 8.04 Å². The fourth-order valence-corrected chi connectivity index (χ4v) is 9.01. The molecule has 60 heavy (non-hydrogen) atoms. The average Bonchev–Trinajstić information content (AvgIpc) is 3.29. The minimum Gasteiger partial charge on any atom is -0.423 e. The van der Waals surface area contributed by atoms with E-state index in [2.05, 4.69) is 190 Å². The molecule has 10 rings (SSSR count). The van der Waals surface area contributed by atoms with E-state index in [-0.39, 0.29) is 0 Å². The van der Waals surface area contributed by atoms with Crippen LogP contribution in [0.2, 0.25) is 0 Å². The quantitative estimate of drug-likeness (QED) is 0.0787. The second-order valence-electron chi connectivity index (χ2n) is 14.3. The largest absolute Gasteiger partial charge is 0.488 e. The fourth-order valence-electron chi connectivity index (χ4n) is 7.80. The number of rotatable bonds is 5. The van der Waals surface area contributed by atoms with E-state index in [1.807, 2.05) is 18.2 Å². The lowest BCUT2D eigenvalue weighted by Gasteiger charge is -2.17. The van der Waals surface area contributed by atoms with E-state index in [1.165, 1.54) is 68.9 Å². The minimum absolute atomic E-state index is 0.489. The molecule has 0 spiro atoms. The van der Waals surface area contributed by atoms with E-state index < -0.39 is 14.2 Å². The van der Waals surface area contributed by atoms with Gasteiger partial charge in [-0.3, -0.25) is 0 Å². The van der Waals surface area contributed by atoms with Crippen molar-refractivity contribution < 1.29 is 20.1 Å². The van der Waals surface area contributed by atoms with Gasteiger partial charge in [-0.25, -0.2) is 0 Å². The molecule has 10 aromatic rings. The van der Waals surface area contributed by atoms with Gasteiger partial charge < -0.3 is 20.1 Å². The van der Waals surface area contributed by atoms with Gasteiger partial charge in [0.15, 0.2) is 0 Å². The van der Waals surface area contributed by atoms with Crippen LogP contribution in [-0.4, -0.2) is 34.3 Å². The number of hydrogen-bond donors (Lipinski definition) is 4. The highest BCUT2D eigenvalue weighted by Crippen LogP contribution is 2.43. The zero-order valence-corrected chi connectivity index (χ0v) is 36.1. The van der Waals surface area contributed by atoms with Crippen molar-refractivity contribution in [3.8, 4) is 33.4 Å². The van der Waals surface area contributed by atoms with Crippen LogP contribution in [0.15, 0.2) is 211 Å². The highest BCUT2D eigenvalue weighted by molar-refractivity contribution is 14.1. The van der Waals surface area contributed by atoms with Gasteiger partial charge in [-0.2, -0.15) is 0 Å². The molecule has 0 unspecified atom stereocenters. The van der Waals surface area contributed by atoms with Crippen LogP contribution in [0.5, 0.6) is 0 Å². The summed E-state index contributed by atoms with van der Waals surface area (Å²) in [6.07, 6.45) is 0. The summed E-state index contributed by atoms with van der Waals surface area (Å²) in [5.41, 5.74) is 8.26. The summed E-state index contributed by atoms with van der Waals surface area (Å²) >= 11 is 5.70. The molecule has 8 heteroatoms. The van der Waals surface area contributed by atoms with Crippen molar-refractivity contribution in [3.63, 3.8) is 0 Å². The van der Waals surface area contributed by atoms with Crippen molar-refractivity contribution in [3.05, 3.63) is 214 Å². The van der Waals surface area contributed by atoms with E-state index in [0.717, 1.165) is 15.6 Å². The van der Waals surface area contributed by atoms with Gasteiger partial charge in [0.1, 0.15) is 0 Å². The van der Waals surface area contributed by atoms with Crippen LogP contribution in [0.25, 0.3) is 76.5 Å². The molecular weight excluding hydrogens is 917 g/mol. The molecule has 0 radical (unpaired) electrons.